The maximum atomic E-state index is 6.05. The van der Waals surface area contributed by atoms with Crippen molar-refractivity contribution in [1.82, 2.24) is 0 Å². The van der Waals surface area contributed by atoms with Gasteiger partial charge < -0.3 is 4.74 Å². The summed E-state index contributed by atoms with van der Waals surface area (Å²) in [6.45, 7) is 11.3. The van der Waals surface area contributed by atoms with Gasteiger partial charge in [0.15, 0.2) is 0 Å². The topological polar surface area (TPSA) is 9.23 Å². The van der Waals surface area contributed by atoms with Crippen LogP contribution >= 0.6 is 15.9 Å². The Balaban J connectivity index is 2.41. The third-order valence-corrected chi connectivity index (χ3v) is 3.49. The second kappa shape index (κ2) is 4.75. The quantitative estimate of drug-likeness (QED) is 0.686. The molecule has 90 valence electrons. The average molecular weight is 277 g/mol. The van der Waals surface area contributed by atoms with Crippen LogP contribution in [0.3, 0.4) is 0 Å². The van der Waals surface area contributed by atoms with Crippen molar-refractivity contribution in [3.63, 3.8) is 0 Å². The van der Waals surface area contributed by atoms with Crippen molar-refractivity contribution in [1.29, 1.82) is 0 Å². The van der Waals surface area contributed by atoms with Gasteiger partial charge in [-0.15, -0.1) is 0 Å². The van der Waals surface area contributed by atoms with E-state index in [-0.39, 0.29) is 5.60 Å². The van der Waals surface area contributed by atoms with Crippen LogP contribution in [-0.4, -0.2) is 16.5 Å². The zero-order chi connectivity index (χ0) is 11.7. The summed E-state index contributed by atoms with van der Waals surface area (Å²) in [5, 5.41) is 0. The molecule has 0 saturated carbocycles. The number of halogens is 1. The minimum absolute atomic E-state index is 0.112. The van der Waals surface area contributed by atoms with Crippen molar-refractivity contribution in [2.24, 2.45) is 5.41 Å². The maximum absolute atomic E-state index is 6.05. The van der Waals surface area contributed by atoms with Crippen LogP contribution in [0.25, 0.3) is 0 Å². The van der Waals surface area contributed by atoms with Gasteiger partial charge in [-0.05, 0) is 44.9 Å². The van der Waals surface area contributed by atoms with Crippen molar-refractivity contribution < 1.29 is 4.74 Å². The van der Waals surface area contributed by atoms with Gasteiger partial charge in [-0.2, -0.15) is 0 Å². The zero-order valence-electron chi connectivity index (χ0n) is 10.8. The second-order valence-corrected chi connectivity index (χ2v) is 7.95. The van der Waals surface area contributed by atoms with E-state index in [1.165, 1.54) is 25.7 Å². The number of rotatable bonds is 4. The Bertz CT molecular complexity index is 209. The standard InChI is InChI=1S/C13H25BrO/c1-10(14)8-12(2,3)9-11-6-7-13(4,5)15-11/h10-11H,6-9H2,1-5H3. The Labute approximate surface area is 103 Å². The first kappa shape index (κ1) is 13.5. The second-order valence-electron chi connectivity index (χ2n) is 6.39. The average Bonchev–Trinajstić information content (AvgIpc) is 2.25. The van der Waals surface area contributed by atoms with Gasteiger partial charge in [-0.3, -0.25) is 0 Å². The molecule has 0 N–H and O–H groups in total. The van der Waals surface area contributed by atoms with E-state index in [4.69, 9.17) is 4.74 Å². The van der Waals surface area contributed by atoms with Crippen LogP contribution < -0.4 is 0 Å². The van der Waals surface area contributed by atoms with Crippen LogP contribution in [0.1, 0.15) is 60.3 Å². The van der Waals surface area contributed by atoms with Gasteiger partial charge in [0.05, 0.1) is 11.7 Å². The van der Waals surface area contributed by atoms with E-state index >= 15 is 0 Å². The molecule has 2 unspecified atom stereocenters. The highest BCUT2D eigenvalue weighted by Gasteiger charge is 2.35. The molecule has 1 rings (SSSR count). The third kappa shape index (κ3) is 4.86. The fraction of sp³-hybridized carbons (Fsp3) is 1.00. The van der Waals surface area contributed by atoms with E-state index < -0.39 is 0 Å². The van der Waals surface area contributed by atoms with E-state index in [0.29, 0.717) is 16.3 Å². The highest BCUT2D eigenvalue weighted by molar-refractivity contribution is 9.09. The van der Waals surface area contributed by atoms with Crippen molar-refractivity contribution in [3.8, 4) is 0 Å². The Kier molecular flexibility index (Phi) is 4.27. The van der Waals surface area contributed by atoms with Crippen LogP contribution in [0.5, 0.6) is 0 Å². The Hall–Kier alpha value is 0.440. The lowest BCUT2D eigenvalue weighted by atomic mass is 9.82. The van der Waals surface area contributed by atoms with Crippen molar-refractivity contribution >= 4 is 15.9 Å². The molecule has 1 aliphatic heterocycles. The summed E-state index contributed by atoms with van der Waals surface area (Å²) in [5.41, 5.74) is 0.495. The molecule has 1 heterocycles. The van der Waals surface area contributed by atoms with Gasteiger partial charge in [0.1, 0.15) is 0 Å². The number of hydrogen-bond acceptors (Lipinski definition) is 1. The molecular formula is C13H25BrO. The molecule has 0 spiro atoms. The molecule has 0 aliphatic carbocycles. The summed E-state index contributed by atoms with van der Waals surface area (Å²) in [6.07, 6.45) is 5.31. The largest absolute Gasteiger partial charge is 0.372 e. The van der Waals surface area contributed by atoms with Crippen molar-refractivity contribution in [2.75, 3.05) is 0 Å². The lowest BCUT2D eigenvalue weighted by molar-refractivity contribution is -0.0325. The number of ether oxygens (including phenoxy) is 1. The molecule has 0 aromatic rings. The Morgan fingerprint density at radius 3 is 2.47 bits per heavy atom. The molecule has 1 fully saturated rings. The fourth-order valence-electron chi connectivity index (χ4n) is 2.68. The summed E-state index contributed by atoms with van der Waals surface area (Å²) >= 11 is 3.64. The van der Waals surface area contributed by atoms with Crippen LogP contribution in [-0.2, 0) is 4.74 Å². The van der Waals surface area contributed by atoms with E-state index in [1.54, 1.807) is 0 Å². The van der Waals surface area contributed by atoms with Gasteiger partial charge in [-0.25, -0.2) is 0 Å². The van der Waals surface area contributed by atoms with E-state index in [0.717, 1.165) is 0 Å². The lowest BCUT2D eigenvalue weighted by Crippen LogP contribution is -2.26. The summed E-state index contributed by atoms with van der Waals surface area (Å²) in [6, 6.07) is 0. The van der Waals surface area contributed by atoms with Gasteiger partial charge in [0.25, 0.3) is 0 Å². The van der Waals surface area contributed by atoms with E-state index in [1.807, 2.05) is 0 Å². The highest BCUT2D eigenvalue weighted by atomic mass is 79.9. The molecule has 1 nitrogen and oxygen atoms in total. The normalized spacial score (nSPS) is 28.0. The summed E-state index contributed by atoms with van der Waals surface area (Å²) in [5.74, 6) is 0. The summed E-state index contributed by atoms with van der Waals surface area (Å²) in [4.78, 5) is 0.599. The molecule has 2 heteroatoms. The minimum Gasteiger partial charge on any atom is -0.372 e. The predicted molar refractivity (Wildman–Crippen MR) is 69.6 cm³/mol. The Morgan fingerprint density at radius 2 is 2.07 bits per heavy atom. The number of alkyl halides is 1. The van der Waals surface area contributed by atoms with Crippen LogP contribution in [0.4, 0.5) is 0 Å². The fourth-order valence-corrected chi connectivity index (χ4v) is 3.56. The molecule has 15 heavy (non-hydrogen) atoms. The maximum Gasteiger partial charge on any atom is 0.0631 e. The van der Waals surface area contributed by atoms with Crippen molar-refractivity contribution in [3.05, 3.63) is 0 Å². The molecule has 0 amide bonds. The SMILES string of the molecule is CC(Br)CC(C)(C)CC1CCC(C)(C)O1. The molecule has 0 aromatic carbocycles. The smallest absolute Gasteiger partial charge is 0.0631 e. The minimum atomic E-state index is 0.112. The number of hydrogen-bond donors (Lipinski definition) is 0. The van der Waals surface area contributed by atoms with Gasteiger partial charge in [-0.1, -0.05) is 36.7 Å². The van der Waals surface area contributed by atoms with Gasteiger partial charge in [0.2, 0.25) is 0 Å². The van der Waals surface area contributed by atoms with Gasteiger partial charge in [0, 0.05) is 4.83 Å². The van der Waals surface area contributed by atoms with Crippen molar-refractivity contribution in [2.45, 2.75) is 76.8 Å². The zero-order valence-corrected chi connectivity index (χ0v) is 12.4. The molecule has 1 saturated heterocycles. The predicted octanol–water partition coefficient (Wildman–Crippen LogP) is 4.53. The first-order chi connectivity index (χ1) is 6.70. The lowest BCUT2D eigenvalue weighted by Gasteiger charge is -2.30. The first-order valence-corrected chi connectivity index (χ1v) is 6.94. The molecule has 2 atom stereocenters. The molecule has 0 aromatic heterocycles. The monoisotopic (exact) mass is 276 g/mol. The summed E-state index contributed by atoms with van der Waals surface area (Å²) < 4.78 is 6.05. The van der Waals surface area contributed by atoms with Gasteiger partial charge >= 0.3 is 0 Å². The molecule has 0 bridgehead atoms. The van der Waals surface area contributed by atoms with Crippen LogP contribution in [0.15, 0.2) is 0 Å². The first-order valence-electron chi connectivity index (χ1n) is 6.02. The van der Waals surface area contributed by atoms with Crippen LogP contribution in [0.2, 0.25) is 0 Å². The Morgan fingerprint density at radius 1 is 1.47 bits per heavy atom. The van der Waals surface area contributed by atoms with E-state index in [2.05, 4.69) is 50.5 Å². The van der Waals surface area contributed by atoms with Crippen LogP contribution in [0, 0.1) is 5.41 Å². The summed E-state index contributed by atoms with van der Waals surface area (Å²) in [7, 11) is 0. The third-order valence-electron chi connectivity index (χ3n) is 3.17. The molecular weight excluding hydrogens is 252 g/mol. The van der Waals surface area contributed by atoms with E-state index in [9.17, 15) is 0 Å². The molecule has 1 aliphatic rings. The highest BCUT2D eigenvalue weighted by Crippen LogP contribution is 2.38. The molecule has 0 radical (unpaired) electrons.